The van der Waals surface area contributed by atoms with Crippen LogP contribution in [0.2, 0.25) is 0 Å². The quantitative estimate of drug-likeness (QED) is 0.679. The molecule has 2 N–H and O–H groups in total. The number of carboxylic acids is 1. The molecule has 0 saturated carbocycles. The Morgan fingerprint density at radius 3 is 2.00 bits per heavy atom. The van der Waals surface area contributed by atoms with Crippen molar-refractivity contribution in [3.05, 3.63) is 0 Å². The average Bonchev–Trinajstić information content (AvgIpc) is 2.16. The third-order valence-corrected chi connectivity index (χ3v) is 2.90. The van der Waals surface area contributed by atoms with Crippen LogP contribution < -0.4 is 0 Å². The van der Waals surface area contributed by atoms with Gasteiger partial charge in [-0.1, -0.05) is 20.8 Å². The number of rotatable bonds is 6. The highest BCUT2D eigenvalue weighted by Crippen LogP contribution is 2.28. The maximum atomic E-state index is 11.6. The first kappa shape index (κ1) is 13.1. The molecule has 0 heterocycles. The van der Waals surface area contributed by atoms with Crippen LogP contribution in [0.25, 0.3) is 0 Å². The minimum atomic E-state index is -1.57. The van der Waals surface area contributed by atoms with E-state index >= 15 is 0 Å². The van der Waals surface area contributed by atoms with Crippen molar-refractivity contribution in [2.75, 3.05) is 0 Å². The molecule has 0 saturated heterocycles. The number of carboxylic acid groups (broad SMARTS) is 1. The molecule has 0 aromatic rings. The van der Waals surface area contributed by atoms with Gasteiger partial charge in [0.15, 0.2) is 6.10 Å². The van der Waals surface area contributed by atoms with E-state index in [1.165, 1.54) is 0 Å². The molecule has 82 valence electrons. The van der Waals surface area contributed by atoms with E-state index in [2.05, 4.69) is 0 Å². The van der Waals surface area contributed by atoms with Gasteiger partial charge in [-0.2, -0.15) is 0 Å². The molecule has 0 spiro atoms. The Labute approximate surface area is 83.9 Å². The third kappa shape index (κ3) is 3.10. The molecule has 0 amide bonds. The second-order valence-electron chi connectivity index (χ2n) is 3.75. The van der Waals surface area contributed by atoms with Crippen molar-refractivity contribution in [1.82, 2.24) is 0 Å². The summed E-state index contributed by atoms with van der Waals surface area (Å²) in [6.45, 7) is 5.56. The van der Waals surface area contributed by atoms with Crippen molar-refractivity contribution in [2.45, 2.75) is 46.1 Å². The summed E-state index contributed by atoms with van der Waals surface area (Å²) in [5, 5.41) is 17.5. The first-order chi connectivity index (χ1) is 6.37. The fourth-order valence-corrected chi connectivity index (χ4v) is 1.15. The molecule has 0 fully saturated rings. The molecule has 0 aromatic heterocycles. The van der Waals surface area contributed by atoms with Crippen LogP contribution in [0.3, 0.4) is 0 Å². The standard InChI is InChI=1S/C10H18O4/c1-4-10(3,5-2)8(12)6-7(11)9(13)14/h7,11H,4-6H2,1-3H3,(H,13,14). The predicted octanol–water partition coefficient (Wildman–Crippen LogP) is 1.22. The van der Waals surface area contributed by atoms with Crippen molar-refractivity contribution >= 4 is 11.8 Å². The van der Waals surface area contributed by atoms with Crippen LogP contribution in [-0.4, -0.2) is 28.1 Å². The minimum absolute atomic E-state index is 0.183. The van der Waals surface area contributed by atoms with Crippen LogP contribution in [0.5, 0.6) is 0 Å². The van der Waals surface area contributed by atoms with Crippen LogP contribution in [-0.2, 0) is 9.59 Å². The van der Waals surface area contributed by atoms with Gasteiger partial charge in [0, 0.05) is 11.8 Å². The van der Waals surface area contributed by atoms with E-state index in [0.717, 1.165) is 0 Å². The molecule has 0 aliphatic rings. The number of aliphatic hydroxyl groups is 1. The zero-order valence-corrected chi connectivity index (χ0v) is 8.91. The number of aliphatic hydroxyl groups excluding tert-OH is 1. The molecular weight excluding hydrogens is 184 g/mol. The topological polar surface area (TPSA) is 74.6 Å². The fraction of sp³-hybridized carbons (Fsp3) is 0.800. The maximum Gasteiger partial charge on any atom is 0.332 e. The summed E-state index contributed by atoms with van der Waals surface area (Å²) in [5.41, 5.74) is -0.504. The highest BCUT2D eigenvalue weighted by molar-refractivity contribution is 5.88. The Hall–Kier alpha value is -0.900. The molecule has 1 unspecified atom stereocenters. The van der Waals surface area contributed by atoms with Crippen molar-refractivity contribution in [3.63, 3.8) is 0 Å². The number of hydrogen-bond acceptors (Lipinski definition) is 3. The second kappa shape index (κ2) is 5.10. The third-order valence-electron chi connectivity index (χ3n) is 2.90. The van der Waals surface area contributed by atoms with Crippen LogP contribution in [0.15, 0.2) is 0 Å². The van der Waals surface area contributed by atoms with Crippen molar-refractivity contribution in [3.8, 4) is 0 Å². The van der Waals surface area contributed by atoms with Gasteiger partial charge in [-0.3, -0.25) is 4.79 Å². The minimum Gasteiger partial charge on any atom is -0.479 e. The van der Waals surface area contributed by atoms with Crippen LogP contribution in [0, 0.1) is 5.41 Å². The smallest absolute Gasteiger partial charge is 0.332 e. The Balaban J connectivity index is 4.40. The van der Waals surface area contributed by atoms with E-state index in [-0.39, 0.29) is 12.2 Å². The molecule has 1 atom stereocenters. The summed E-state index contributed by atoms with van der Waals surface area (Å²) in [5.74, 6) is -1.52. The van der Waals surface area contributed by atoms with E-state index in [1.54, 1.807) is 6.92 Å². The van der Waals surface area contributed by atoms with Crippen LogP contribution in [0.1, 0.15) is 40.0 Å². The van der Waals surface area contributed by atoms with Crippen LogP contribution >= 0.6 is 0 Å². The predicted molar refractivity (Wildman–Crippen MR) is 52.0 cm³/mol. The Morgan fingerprint density at radius 2 is 1.71 bits per heavy atom. The lowest BCUT2D eigenvalue weighted by molar-refractivity contribution is -0.150. The normalized spacial score (nSPS) is 13.7. The zero-order valence-electron chi connectivity index (χ0n) is 8.91. The first-order valence-electron chi connectivity index (χ1n) is 4.81. The zero-order chi connectivity index (χ0) is 11.4. The van der Waals surface area contributed by atoms with Gasteiger partial charge in [0.05, 0.1) is 0 Å². The molecule has 4 heteroatoms. The van der Waals surface area contributed by atoms with Gasteiger partial charge in [-0.25, -0.2) is 4.79 Å². The average molecular weight is 202 g/mol. The van der Waals surface area contributed by atoms with Gasteiger partial charge < -0.3 is 10.2 Å². The lowest BCUT2D eigenvalue weighted by Gasteiger charge is -2.25. The Bertz CT molecular complexity index is 218. The monoisotopic (exact) mass is 202 g/mol. The highest BCUT2D eigenvalue weighted by atomic mass is 16.4. The number of ketones is 1. The van der Waals surface area contributed by atoms with Gasteiger partial charge in [0.25, 0.3) is 0 Å². The SMILES string of the molecule is CCC(C)(CC)C(=O)CC(O)C(=O)O. The molecule has 0 aromatic carbocycles. The number of Topliss-reactive ketones (excluding diaryl/α,β-unsaturated/α-hetero) is 1. The highest BCUT2D eigenvalue weighted by Gasteiger charge is 2.31. The first-order valence-corrected chi connectivity index (χ1v) is 4.81. The summed E-state index contributed by atoms with van der Waals surface area (Å²) >= 11 is 0. The molecular formula is C10H18O4. The molecule has 14 heavy (non-hydrogen) atoms. The summed E-state index contributed by atoms with van der Waals surface area (Å²) in [7, 11) is 0. The molecule has 0 rings (SSSR count). The van der Waals surface area contributed by atoms with Crippen molar-refractivity contribution in [2.24, 2.45) is 5.41 Å². The van der Waals surface area contributed by atoms with E-state index in [0.29, 0.717) is 12.8 Å². The molecule has 0 bridgehead atoms. The lowest BCUT2D eigenvalue weighted by atomic mass is 9.78. The van der Waals surface area contributed by atoms with Crippen molar-refractivity contribution in [1.29, 1.82) is 0 Å². The Morgan fingerprint density at radius 1 is 1.29 bits per heavy atom. The van der Waals surface area contributed by atoms with Gasteiger partial charge in [-0.05, 0) is 12.8 Å². The van der Waals surface area contributed by atoms with Crippen LogP contribution in [0.4, 0.5) is 0 Å². The molecule has 0 radical (unpaired) electrons. The maximum absolute atomic E-state index is 11.6. The Kier molecular flexibility index (Phi) is 4.77. The molecule has 4 nitrogen and oxygen atoms in total. The van der Waals surface area contributed by atoms with Gasteiger partial charge in [-0.15, -0.1) is 0 Å². The van der Waals surface area contributed by atoms with E-state index in [9.17, 15) is 9.59 Å². The van der Waals surface area contributed by atoms with Gasteiger partial charge in [0.1, 0.15) is 5.78 Å². The largest absolute Gasteiger partial charge is 0.479 e. The van der Waals surface area contributed by atoms with Crippen molar-refractivity contribution < 1.29 is 19.8 Å². The molecule has 0 aliphatic heterocycles. The summed E-state index contributed by atoms with van der Waals surface area (Å²) in [6.07, 6.45) is -0.545. The lowest BCUT2D eigenvalue weighted by Crippen LogP contribution is -2.32. The summed E-state index contributed by atoms with van der Waals surface area (Å²) in [4.78, 5) is 22.0. The summed E-state index contributed by atoms with van der Waals surface area (Å²) in [6, 6.07) is 0. The summed E-state index contributed by atoms with van der Waals surface area (Å²) < 4.78 is 0. The van der Waals surface area contributed by atoms with E-state index in [1.807, 2.05) is 13.8 Å². The fourth-order valence-electron chi connectivity index (χ4n) is 1.15. The number of carbonyl (C=O) groups is 2. The van der Waals surface area contributed by atoms with E-state index in [4.69, 9.17) is 10.2 Å². The molecule has 0 aliphatic carbocycles. The number of aliphatic carboxylic acids is 1. The van der Waals surface area contributed by atoms with Gasteiger partial charge >= 0.3 is 5.97 Å². The number of hydrogen-bond donors (Lipinski definition) is 2. The van der Waals surface area contributed by atoms with E-state index < -0.39 is 17.5 Å². The number of carbonyl (C=O) groups excluding carboxylic acids is 1. The van der Waals surface area contributed by atoms with Gasteiger partial charge in [0.2, 0.25) is 0 Å². The second-order valence-corrected chi connectivity index (χ2v) is 3.75.